The Morgan fingerprint density at radius 2 is 1.91 bits per heavy atom. The maximum atomic E-state index is 9.36. The molecule has 0 saturated heterocycles. The van der Waals surface area contributed by atoms with Crippen LogP contribution in [0.4, 0.5) is 0 Å². The largest absolute Gasteiger partial charge is 0.411 e. The zero-order valence-corrected chi connectivity index (χ0v) is 15.6. The molecule has 0 aliphatic rings. The van der Waals surface area contributed by atoms with Crippen molar-refractivity contribution in [3.8, 4) is 0 Å². The van der Waals surface area contributed by atoms with Gasteiger partial charge in [0.1, 0.15) is 0 Å². The molecule has 0 bridgehead atoms. The highest BCUT2D eigenvalue weighted by Crippen LogP contribution is 2.40. The monoisotopic (exact) mass is 374 g/mol. The molecular formula is C19H23BrN2O. The van der Waals surface area contributed by atoms with Crippen molar-refractivity contribution in [3.05, 3.63) is 63.9 Å². The summed E-state index contributed by atoms with van der Waals surface area (Å²) in [4.78, 5) is 4.26. The lowest BCUT2D eigenvalue weighted by molar-refractivity contribution is 0.296. The van der Waals surface area contributed by atoms with Crippen molar-refractivity contribution in [2.24, 2.45) is 10.6 Å². The summed E-state index contributed by atoms with van der Waals surface area (Å²) in [6.45, 7) is 8.31. The molecule has 0 radical (unpaired) electrons. The van der Waals surface area contributed by atoms with Crippen LogP contribution in [-0.2, 0) is 6.42 Å². The zero-order chi connectivity index (χ0) is 17.0. The Morgan fingerprint density at radius 1 is 1.26 bits per heavy atom. The molecule has 2 rings (SSSR count). The number of hydrogen-bond donors (Lipinski definition) is 1. The van der Waals surface area contributed by atoms with Gasteiger partial charge in [0.05, 0.1) is 5.71 Å². The lowest BCUT2D eigenvalue weighted by Crippen LogP contribution is -2.30. The minimum atomic E-state index is -0.0993. The molecule has 0 amide bonds. The average Bonchev–Trinajstić information content (AvgIpc) is 2.48. The van der Waals surface area contributed by atoms with Gasteiger partial charge in [-0.25, -0.2) is 0 Å². The molecule has 23 heavy (non-hydrogen) atoms. The van der Waals surface area contributed by atoms with Crippen molar-refractivity contribution in [1.82, 2.24) is 4.98 Å². The van der Waals surface area contributed by atoms with E-state index in [9.17, 15) is 5.21 Å². The standard InChI is InChI=1S/C19H23BrN2O/c1-13-11-15(9-10-21-13)12-19(3,4)18(14(2)22-23)16-5-7-17(20)8-6-16/h5-11,18,23H,12H2,1-4H3. The molecule has 1 N–H and O–H groups in total. The van der Waals surface area contributed by atoms with E-state index in [0.717, 1.165) is 27.9 Å². The Hall–Kier alpha value is -1.68. The van der Waals surface area contributed by atoms with E-state index in [1.165, 1.54) is 5.56 Å². The predicted octanol–water partition coefficient (Wildman–Crippen LogP) is 5.36. The topological polar surface area (TPSA) is 45.5 Å². The number of halogens is 1. The Morgan fingerprint density at radius 3 is 2.48 bits per heavy atom. The first-order valence-electron chi connectivity index (χ1n) is 7.69. The van der Waals surface area contributed by atoms with Crippen LogP contribution in [0.25, 0.3) is 0 Å². The van der Waals surface area contributed by atoms with Crippen molar-refractivity contribution < 1.29 is 5.21 Å². The Labute approximate surface area is 146 Å². The van der Waals surface area contributed by atoms with E-state index in [1.54, 1.807) is 0 Å². The minimum Gasteiger partial charge on any atom is -0.411 e. The molecule has 1 unspecified atom stereocenters. The quantitative estimate of drug-likeness (QED) is 0.435. The summed E-state index contributed by atoms with van der Waals surface area (Å²) in [5.41, 5.74) is 4.04. The maximum Gasteiger partial charge on any atom is 0.0620 e. The van der Waals surface area contributed by atoms with Gasteiger partial charge in [-0.2, -0.15) is 0 Å². The molecule has 0 aliphatic carbocycles. The van der Waals surface area contributed by atoms with Gasteiger partial charge in [0, 0.05) is 22.3 Å². The van der Waals surface area contributed by atoms with Crippen molar-refractivity contribution in [2.75, 3.05) is 0 Å². The van der Waals surface area contributed by atoms with Crippen molar-refractivity contribution in [3.63, 3.8) is 0 Å². The van der Waals surface area contributed by atoms with Crippen molar-refractivity contribution in [1.29, 1.82) is 0 Å². The first-order valence-corrected chi connectivity index (χ1v) is 8.48. The summed E-state index contributed by atoms with van der Waals surface area (Å²) < 4.78 is 1.04. The number of pyridine rings is 1. The van der Waals surface area contributed by atoms with Gasteiger partial charge in [-0.05, 0) is 61.1 Å². The highest BCUT2D eigenvalue weighted by atomic mass is 79.9. The molecule has 3 nitrogen and oxygen atoms in total. The van der Waals surface area contributed by atoms with Crippen LogP contribution in [0.3, 0.4) is 0 Å². The fourth-order valence-electron chi connectivity index (χ4n) is 3.31. The number of hydrogen-bond acceptors (Lipinski definition) is 3. The highest BCUT2D eigenvalue weighted by molar-refractivity contribution is 9.10. The molecule has 0 spiro atoms. The van der Waals surface area contributed by atoms with E-state index in [2.05, 4.69) is 64.2 Å². The normalized spacial score (nSPS) is 13.9. The second kappa shape index (κ2) is 7.26. The van der Waals surface area contributed by atoms with E-state index in [0.29, 0.717) is 0 Å². The maximum absolute atomic E-state index is 9.36. The van der Waals surface area contributed by atoms with Crippen molar-refractivity contribution >= 4 is 21.6 Å². The molecule has 0 saturated carbocycles. The first-order chi connectivity index (χ1) is 10.8. The summed E-state index contributed by atoms with van der Waals surface area (Å²) in [7, 11) is 0. The zero-order valence-electron chi connectivity index (χ0n) is 14.0. The lowest BCUT2D eigenvalue weighted by Gasteiger charge is -2.34. The molecule has 1 aromatic carbocycles. The van der Waals surface area contributed by atoms with Gasteiger partial charge in [-0.1, -0.05) is 47.1 Å². The molecule has 2 aromatic rings. The van der Waals surface area contributed by atoms with Gasteiger partial charge in [0.15, 0.2) is 0 Å². The summed E-state index contributed by atoms with van der Waals surface area (Å²) in [6, 6.07) is 12.4. The van der Waals surface area contributed by atoms with E-state index in [1.807, 2.05) is 32.2 Å². The van der Waals surface area contributed by atoms with Crippen LogP contribution < -0.4 is 0 Å². The fraction of sp³-hybridized carbons (Fsp3) is 0.368. The second-order valence-corrected chi connectivity index (χ2v) is 7.61. The van der Waals surface area contributed by atoms with Crippen LogP contribution in [0.2, 0.25) is 0 Å². The molecule has 122 valence electrons. The third-order valence-corrected chi connectivity index (χ3v) is 4.71. The molecule has 0 fully saturated rings. The summed E-state index contributed by atoms with van der Waals surface area (Å²) in [5, 5.41) is 12.9. The number of aryl methyl sites for hydroxylation is 1. The van der Waals surface area contributed by atoms with Gasteiger partial charge in [0.25, 0.3) is 0 Å². The first kappa shape index (κ1) is 17.7. The van der Waals surface area contributed by atoms with E-state index < -0.39 is 0 Å². The van der Waals surface area contributed by atoms with Crippen molar-refractivity contribution in [2.45, 2.75) is 40.0 Å². The SMILES string of the molecule is CC(=NO)C(c1ccc(Br)cc1)C(C)(C)Cc1ccnc(C)c1. The van der Waals surface area contributed by atoms with Crippen LogP contribution >= 0.6 is 15.9 Å². The van der Waals surface area contributed by atoms with Crippen LogP contribution in [0.5, 0.6) is 0 Å². The van der Waals surface area contributed by atoms with Crippen LogP contribution in [0.15, 0.2) is 52.2 Å². The molecule has 1 heterocycles. The number of oxime groups is 1. The second-order valence-electron chi connectivity index (χ2n) is 6.70. The smallest absolute Gasteiger partial charge is 0.0620 e. The van der Waals surface area contributed by atoms with Gasteiger partial charge >= 0.3 is 0 Å². The van der Waals surface area contributed by atoms with Crippen LogP contribution in [0.1, 0.15) is 43.5 Å². The van der Waals surface area contributed by atoms with Gasteiger partial charge in [0.2, 0.25) is 0 Å². The van der Waals surface area contributed by atoms with Gasteiger partial charge in [-0.15, -0.1) is 0 Å². The molecule has 0 aliphatic heterocycles. The molecular weight excluding hydrogens is 352 g/mol. The highest BCUT2D eigenvalue weighted by Gasteiger charge is 2.33. The summed E-state index contributed by atoms with van der Waals surface area (Å²) in [5.74, 6) is 0.0362. The Bertz CT molecular complexity index is 693. The lowest BCUT2D eigenvalue weighted by atomic mass is 9.69. The fourth-order valence-corrected chi connectivity index (χ4v) is 3.58. The van der Waals surface area contributed by atoms with E-state index in [-0.39, 0.29) is 11.3 Å². The third-order valence-electron chi connectivity index (χ3n) is 4.18. The molecule has 1 aromatic heterocycles. The van der Waals surface area contributed by atoms with Gasteiger partial charge < -0.3 is 5.21 Å². The Kier molecular flexibility index (Phi) is 5.58. The number of aromatic nitrogens is 1. The van der Waals surface area contributed by atoms with Gasteiger partial charge in [-0.3, -0.25) is 4.98 Å². The minimum absolute atomic E-state index is 0.0362. The third kappa shape index (κ3) is 4.41. The van der Waals surface area contributed by atoms with E-state index >= 15 is 0 Å². The van der Waals surface area contributed by atoms with Crippen LogP contribution in [0, 0.1) is 12.3 Å². The molecule has 4 heteroatoms. The number of rotatable bonds is 5. The molecule has 1 atom stereocenters. The number of nitrogens with zero attached hydrogens (tertiary/aromatic N) is 2. The predicted molar refractivity (Wildman–Crippen MR) is 98.2 cm³/mol. The average molecular weight is 375 g/mol. The van der Waals surface area contributed by atoms with E-state index in [4.69, 9.17) is 0 Å². The summed E-state index contributed by atoms with van der Waals surface area (Å²) in [6.07, 6.45) is 2.73. The summed E-state index contributed by atoms with van der Waals surface area (Å²) >= 11 is 3.47. The van der Waals surface area contributed by atoms with Crippen LogP contribution in [-0.4, -0.2) is 15.9 Å². The number of benzene rings is 1. The Balaban J connectivity index is 2.39.